The van der Waals surface area contributed by atoms with Gasteiger partial charge in [-0.1, -0.05) is 93.4 Å². The summed E-state index contributed by atoms with van der Waals surface area (Å²) in [4.78, 5) is 4.58. The minimum absolute atomic E-state index is 1.14. The highest BCUT2D eigenvalue weighted by Gasteiger charge is 2.13. The van der Waals surface area contributed by atoms with Crippen molar-refractivity contribution >= 4 is 28.4 Å². The van der Waals surface area contributed by atoms with Gasteiger partial charge in [0.2, 0.25) is 0 Å². The lowest BCUT2D eigenvalue weighted by atomic mass is 10.0. The molecule has 41 heavy (non-hydrogen) atoms. The van der Waals surface area contributed by atoms with Crippen molar-refractivity contribution in [3.05, 3.63) is 139 Å². The molecule has 0 radical (unpaired) electrons. The van der Waals surface area contributed by atoms with Gasteiger partial charge in [-0.3, -0.25) is 0 Å². The molecular formula is C39H42N2. The molecule has 0 amide bonds. The highest BCUT2D eigenvalue weighted by atomic mass is 15.1. The van der Waals surface area contributed by atoms with Crippen LogP contribution in [0.3, 0.4) is 0 Å². The maximum atomic E-state index is 2.33. The lowest BCUT2D eigenvalue weighted by Gasteiger charge is -2.26. The van der Waals surface area contributed by atoms with Gasteiger partial charge in [-0.2, -0.15) is 0 Å². The first-order valence-corrected chi connectivity index (χ1v) is 15.1. The molecule has 0 aromatic heterocycles. The van der Waals surface area contributed by atoms with E-state index >= 15 is 0 Å². The van der Waals surface area contributed by atoms with Crippen molar-refractivity contribution in [2.24, 2.45) is 0 Å². The summed E-state index contributed by atoms with van der Waals surface area (Å²) in [5.41, 5.74) is 11.1. The van der Waals surface area contributed by atoms with Crippen LogP contribution in [0.5, 0.6) is 0 Å². The van der Waals surface area contributed by atoms with Crippen molar-refractivity contribution in [1.82, 2.24) is 0 Å². The van der Waals surface area contributed by atoms with Gasteiger partial charge in [0.1, 0.15) is 0 Å². The van der Waals surface area contributed by atoms with E-state index in [0.717, 1.165) is 24.2 Å². The molecule has 0 saturated carbocycles. The van der Waals surface area contributed by atoms with E-state index < -0.39 is 0 Å². The van der Waals surface area contributed by atoms with E-state index in [1.165, 1.54) is 65.0 Å². The molecule has 2 heteroatoms. The molecule has 0 aliphatic rings. The second kappa shape index (κ2) is 13.9. The molecule has 208 valence electrons. The Kier molecular flexibility index (Phi) is 9.54. The van der Waals surface area contributed by atoms with Crippen LogP contribution in [0, 0.1) is 0 Å². The van der Waals surface area contributed by atoms with Crippen molar-refractivity contribution in [3.63, 3.8) is 0 Å². The number of benzene rings is 5. The molecule has 0 aliphatic heterocycles. The molecule has 0 bridgehead atoms. The van der Waals surface area contributed by atoms with E-state index in [0.29, 0.717) is 0 Å². The number of anilines is 5. The number of hydrogen-bond acceptors (Lipinski definition) is 2. The summed E-state index contributed by atoms with van der Waals surface area (Å²) in [6.45, 7) is 4.49. The average molecular weight is 539 g/mol. The molecule has 0 atom stereocenters. The second-order valence-corrected chi connectivity index (χ2v) is 10.9. The first-order valence-electron chi connectivity index (χ1n) is 15.1. The third kappa shape index (κ3) is 7.08. The van der Waals surface area contributed by atoms with Crippen LogP contribution < -0.4 is 9.80 Å². The van der Waals surface area contributed by atoms with Gasteiger partial charge in [-0.15, -0.1) is 0 Å². The Morgan fingerprint density at radius 2 is 0.780 bits per heavy atom. The number of unbranched alkanes of at least 4 members (excludes halogenated alkanes) is 2. The van der Waals surface area contributed by atoms with Gasteiger partial charge in [0.05, 0.1) is 0 Å². The van der Waals surface area contributed by atoms with Crippen LogP contribution in [-0.4, -0.2) is 7.05 Å². The summed E-state index contributed by atoms with van der Waals surface area (Å²) in [6, 6.07) is 46.4. The van der Waals surface area contributed by atoms with Gasteiger partial charge in [-0.25, -0.2) is 0 Å². The molecule has 0 N–H and O–H groups in total. The summed E-state index contributed by atoms with van der Waals surface area (Å²) in [5, 5.41) is 0. The van der Waals surface area contributed by atoms with Crippen LogP contribution in [0.2, 0.25) is 0 Å². The van der Waals surface area contributed by atoms with Crippen LogP contribution in [0.4, 0.5) is 28.4 Å². The smallest absolute Gasteiger partial charge is 0.0462 e. The fourth-order valence-electron chi connectivity index (χ4n) is 5.31. The predicted molar refractivity (Wildman–Crippen MR) is 178 cm³/mol. The van der Waals surface area contributed by atoms with Crippen molar-refractivity contribution in [3.8, 4) is 11.1 Å². The summed E-state index contributed by atoms with van der Waals surface area (Å²) in [6.07, 6.45) is 7.21. The minimum Gasteiger partial charge on any atom is -0.345 e. The van der Waals surface area contributed by atoms with Crippen LogP contribution in [0.1, 0.15) is 50.7 Å². The maximum Gasteiger partial charge on any atom is 0.0462 e. The molecule has 0 saturated heterocycles. The summed E-state index contributed by atoms with van der Waals surface area (Å²) < 4.78 is 0. The summed E-state index contributed by atoms with van der Waals surface area (Å²) >= 11 is 0. The molecule has 0 unspecified atom stereocenters. The summed E-state index contributed by atoms with van der Waals surface area (Å²) in [5.74, 6) is 0. The van der Waals surface area contributed by atoms with Crippen LogP contribution in [0.15, 0.2) is 127 Å². The van der Waals surface area contributed by atoms with Gasteiger partial charge < -0.3 is 9.80 Å². The van der Waals surface area contributed by atoms with E-state index in [4.69, 9.17) is 0 Å². The fourth-order valence-corrected chi connectivity index (χ4v) is 5.31. The fraction of sp³-hybridized carbons (Fsp3) is 0.231. The monoisotopic (exact) mass is 538 g/mol. The van der Waals surface area contributed by atoms with Gasteiger partial charge in [0.25, 0.3) is 0 Å². The van der Waals surface area contributed by atoms with Gasteiger partial charge in [0, 0.05) is 35.5 Å². The molecule has 0 aliphatic carbocycles. The molecule has 0 fully saturated rings. The largest absolute Gasteiger partial charge is 0.345 e. The van der Waals surface area contributed by atoms with Crippen molar-refractivity contribution in [2.45, 2.75) is 52.4 Å². The summed E-state index contributed by atoms with van der Waals surface area (Å²) in [7, 11) is 2.14. The van der Waals surface area contributed by atoms with E-state index in [9.17, 15) is 0 Å². The second-order valence-electron chi connectivity index (χ2n) is 10.9. The molecule has 5 aromatic rings. The minimum atomic E-state index is 1.14. The van der Waals surface area contributed by atoms with E-state index in [-0.39, 0.29) is 0 Å². The molecule has 5 rings (SSSR count). The molecule has 2 nitrogen and oxygen atoms in total. The Balaban J connectivity index is 1.33. The van der Waals surface area contributed by atoms with Crippen molar-refractivity contribution in [2.75, 3.05) is 16.8 Å². The van der Waals surface area contributed by atoms with Gasteiger partial charge >= 0.3 is 0 Å². The topological polar surface area (TPSA) is 6.48 Å². The Labute approximate surface area is 246 Å². The number of nitrogens with zero attached hydrogens (tertiary/aromatic N) is 2. The van der Waals surface area contributed by atoms with Crippen LogP contribution >= 0.6 is 0 Å². The van der Waals surface area contributed by atoms with Crippen LogP contribution in [-0.2, 0) is 12.8 Å². The number of aryl methyl sites for hydroxylation is 2. The SMILES string of the molecule is CCCCc1ccc(N(C)c2ccc(-c3ccc(N(c4ccccc4)c4ccc(CCCC)cc4)cc3)cc2)cc1. The Morgan fingerprint density at radius 1 is 0.415 bits per heavy atom. The zero-order chi connectivity index (χ0) is 28.4. The molecule has 0 spiro atoms. The van der Waals surface area contributed by atoms with Crippen molar-refractivity contribution in [1.29, 1.82) is 0 Å². The average Bonchev–Trinajstić information content (AvgIpc) is 3.04. The first-order chi connectivity index (χ1) is 20.2. The maximum absolute atomic E-state index is 2.33. The number of rotatable bonds is 12. The Hall–Kier alpha value is -4.30. The van der Waals surface area contributed by atoms with E-state index in [1.54, 1.807) is 0 Å². The lowest BCUT2D eigenvalue weighted by molar-refractivity contribution is 0.795. The van der Waals surface area contributed by atoms with Gasteiger partial charge in [-0.05, 0) is 109 Å². The van der Waals surface area contributed by atoms with Gasteiger partial charge in [0.15, 0.2) is 0 Å². The quantitative estimate of drug-likeness (QED) is 0.156. The highest BCUT2D eigenvalue weighted by Crippen LogP contribution is 2.36. The molecular weight excluding hydrogens is 496 g/mol. The van der Waals surface area contributed by atoms with Crippen LogP contribution in [0.25, 0.3) is 11.1 Å². The molecule has 5 aromatic carbocycles. The van der Waals surface area contributed by atoms with E-state index in [1.807, 2.05) is 0 Å². The third-order valence-electron chi connectivity index (χ3n) is 7.88. The number of hydrogen-bond donors (Lipinski definition) is 0. The van der Waals surface area contributed by atoms with E-state index in [2.05, 4.69) is 158 Å². The Bertz CT molecular complexity index is 1470. The predicted octanol–water partition coefficient (Wildman–Crippen LogP) is 11.3. The molecule has 0 heterocycles. The number of para-hydroxylation sites is 1. The third-order valence-corrected chi connectivity index (χ3v) is 7.88. The Morgan fingerprint density at radius 3 is 1.22 bits per heavy atom. The highest BCUT2D eigenvalue weighted by molar-refractivity contribution is 5.78. The normalized spacial score (nSPS) is 10.9. The lowest BCUT2D eigenvalue weighted by Crippen LogP contribution is -2.10. The zero-order valence-electron chi connectivity index (χ0n) is 24.8. The standard InChI is InChI=1S/C39H42N2/c1-4-6-11-31-15-23-35(24-16-31)40(3)36-27-19-33(20-28-36)34-21-29-39(30-22-34)41(37-13-9-8-10-14-37)38-25-17-32(18-26-38)12-7-5-2/h8-10,13-30H,4-7,11-12H2,1-3H3. The first kappa shape index (κ1) is 28.2. The van der Waals surface area contributed by atoms with Crippen molar-refractivity contribution < 1.29 is 0 Å². The zero-order valence-corrected chi connectivity index (χ0v) is 24.8.